The molecule has 0 unspecified atom stereocenters. The first-order chi connectivity index (χ1) is 9.79. The Hall–Kier alpha value is -1.57. The van der Waals surface area contributed by atoms with Gasteiger partial charge in [0.15, 0.2) is 0 Å². The number of nitrogen functional groups attached to an aromatic ring is 1. The second-order valence-electron chi connectivity index (χ2n) is 5.86. The largest absolute Gasteiger partial charge is 0.399 e. The van der Waals surface area contributed by atoms with Crippen molar-refractivity contribution in [2.45, 2.75) is 30.3 Å². The van der Waals surface area contributed by atoms with Gasteiger partial charge in [-0.3, -0.25) is 0 Å². The van der Waals surface area contributed by atoms with Crippen molar-refractivity contribution in [2.24, 2.45) is 0 Å². The number of fused-ring (bicyclic) bond motifs is 1. The van der Waals surface area contributed by atoms with Gasteiger partial charge in [-0.1, -0.05) is 0 Å². The molecule has 1 aliphatic heterocycles. The van der Waals surface area contributed by atoms with Crippen LogP contribution in [0.3, 0.4) is 0 Å². The van der Waals surface area contributed by atoms with Crippen molar-refractivity contribution >= 4 is 26.6 Å². The van der Waals surface area contributed by atoms with E-state index in [1.54, 1.807) is 25.1 Å². The molecule has 7 heteroatoms. The van der Waals surface area contributed by atoms with Gasteiger partial charge in [-0.25, -0.2) is 8.42 Å². The van der Waals surface area contributed by atoms with Crippen LogP contribution < -0.4 is 5.73 Å². The third kappa shape index (κ3) is 2.52. The molecule has 4 N–H and O–H groups in total. The van der Waals surface area contributed by atoms with Crippen molar-refractivity contribution < 1.29 is 13.5 Å². The summed E-state index contributed by atoms with van der Waals surface area (Å²) in [5, 5.41) is 10.6. The molecule has 114 valence electrons. The van der Waals surface area contributed by atoms with Gasteiger partial charge in [-0.15, -0.1) is 0 Å². The summed E-state index contributed by atoms with van der Waals surface area (Å²) in [6.07, 6.45) is 2.39. The number of aromatic amines is 1. The molecule has 21 heavy (non-hydrogen) atoms. The van der Waals surface area contributed by atoms with E-state index in [-0.39, 0.29) is 4.90 Å². The number of aromatic nitrogens is 1. The number of anilines is 1. The lowest BCUT2D eigenvalue weighted by Crippen LogP contribution is -2.44. The fourth-order valence-corrected chi connectivity index (χ4v) is 4.27. The van der Waals surface area contributed by atoms with E-state index in [1.807, 2.05) is 0 Å². The summed E-state index contributed by atoms with van der Waals surface area (Å²) in [7, 11) is -3.58. The van der Waals surface area contributed by atoms with Gasteiger partial charge in [-0.2, -0.15) is 4.31 Å². The van der Waals surface area contributed by atoms with Crippen LogP contribution in [-0.4, -0.2) is 41.5 Å². The molecular weight excluding hydrogens is 290 g/mol. The van der Waals surface area contributed by atoms with Gasteiger partial charge in [0.1, 0.15) is 4.90 Å². The predicted octanol–water partition coefficient (Wildman–Crippen LogP) is 1.29. The molecule has 0 atom stereocenters. The Morgan fingerprint density at radius 1 is 1.33 bits per heavy atom. The Bertz CT molecular complexity index is 770. The van der Waals surface area contributed by atoms with Crippen LogP contribution in [0.5, 0.6) is 0 Å². The molecule has 1 aromatic heterocycles. The Kier molecular flexibility index (Phi) is 3.23. The Labute approximate surface area is 123 Å². The van der Waals surface area contributed by atoms with Crippen molar-refractivity contribution in [2.75, 3.05) is 18.8 Å². The van der Waals surface area contributed by atoms with Crippen molar-refractivity contribution in [3.05, 3.63) is 24.4 Å². The zero-order valence-corrected chi connectivity index (χ0v) is 12.7. The van der Waals surface area contributed by atoms with Crippen LogP contribution >= 0.6 is 0 Å². The molecule has 1 aliphatic rings. The monoisotopic (exact) mass is 309 g/mol. The van der Waals surface area contributed by atoms with E-state index in [2.05, 4.69) is 4.98 Å². The third-order valence-corrected chi connectivity index (χ3v) is 6.02. The number of aliphatic hydroxyl groups is 1. The second-order valence-corrected chi connectivity index (χ2v) is 7.77. The van der Waals surface area contributed by atoms with Crippen molar-refractivity contribution in [3.8, 4) is 0 Å². The van der Waals surface area contributed by atoms with Gasteiger partial charge in [0.05, 0.1) is 5.60 Å². The van der Waals surface area contributed by atoms with Gasteiger partial charge in [0.25, 0.3) is 0 Å². The van der Waals surface area contributed by atoms with E-state index in [0.29, 0.717) is 37.0 Å². The number of H-pyrrole nitrogens is 1. The molecular formula is C14H19N3O3S. The minimum absolute atomic E-state index is 0.242. The molecule has 0 saturated carbocycles. The molecule has 3 rings (SSSR count). The van der Waals surface area contributed by atoms with Crippen molar-refractivity contribution in [1.82, 2.24) is 9.29 Å². The highest BCUT2D eigenvalue weighted by atomic mass is 32.2. The molecule has 1 aromatic carbocycles. The van der Waals surface area contributed by atoms with Gasteiger partial charge in [-0.05, 0) is 38.0 Å². The fraction of sp³-hybridized carbons (Fsp3) is 0.429. The molecule has 0 spiro atoms. The standard InChI is InChI=1S/C14H19N3O3S/c1-14(18)4-6-17(7-5-14)21(19,20)13-9-16-12-3-2-10(15)8-11(12)13/h2-3,8-9,16,18H,4-7,15H2,1H3. The molecule has 2 aromatic rings. The number of piperidine rings is 1. The average Bonchev–Trinajstić information content (AvgIpc) is 2.81. The Morgan fingerprint density at radius 2 is 2.00 bits per heavy atom. The first-order valence-corrected chi connectivity index (χ1v) is 8.33. The van der Waals surface area contributed by atoms with Crippen LogP contribution in [0.2, 0.25) is 0 Å². The summed E-state index contributed by atoms with van der Waals surface area (Å²) >= 11 is 0. The maximum absolute atomic E-state index is 12.8. The smallest absolute Gasteiger partial charge is 0.245 e. The van der Waals surface area contributed by atoms with Crippen LogP contribution in [0.15, 0.2) is 29.3 Å². The number of nitrogens with one attached hydrogen (secondary N) is 1. The van der Waals surface area contributed by atoms with Crippen molar-refractivity contribution in [1.29, 1.82) is 0 Å². The number of sulfonamides is 1. The summed E-state index contributed by atoms with van der Waals surface area (Å²) in [4.78, 5) is 3.21. The van der Waals surface area contributed by atoms with E-state index < -0.39 is 15.6 Å². The van der Waals surface area contributed by atoms with Crippen LogP contribution in [-0.2, 0) is 10.0 Å². The van der Waals surface area contributed by atoms with E-state index >= 15 is 0 Å². The predicted molar refractivity (Wildman–Crippen MR) is 81.3 cm³/mol. The van der Waals surface area contributed by atoms with E-state index in [9.17, 15) is 13.5 Å². The number of hydrogen-bond donors (Lipinski definition) is 3. The zero-order chi connectivity index (χ0) is 15.3. The van der Waals surface area contributed by atoms with Crippen LogP contribution in [0.4, 0.5) is 5.69 Å². The molecule has 1 saturated heterocycles. The first-order valence-electron chi connectivity index (χ1n) is 6.89. The highest BCUT2D eigenvalue weighted by Crippen LogP contribution is 2.30. The van der Waals surface area contributed by atoms with Gasteiger partial charge in [0, 0.05) is 35.9 Å². The number of benzene rings is 1. The van der Waals surface area contributed by atoms with Crippen LogP contribution in [0.1, 0.15) is 19.8 Å². The maximum atomic E-state index is 12.8. The summed E-state index contributed by atoms with van der Waals surface area (Å²) in [5.74, 6) is 0. The van der Waals surface area contributed by atoms with Gasteiger partial charge < -0.3 is 15.8 Å². The zero-order valence-electron chi connectivity index (χ0n) is 11.8. The Balaban J connectivity index is 1.99. The van der Waals surface area contributed by atoms with Crippen LogP contribution in [0, 0.1) is 0 Å². The van der Waals surface area contributed by atoms with E-state index in [1.165, 1.54) is 10.5 Å². The normalized spacial score (nSPS) is 19.9. The van der Waals surface area contributed by atoms with E-state index in [4.69, 9.17) is 5.73 Å². The Morgan fingerprint density at radius 3 is 2.67 bits per heavy atom. The molecule has 6 nitrogen and oxygen atoms in total. The average molecular weight is 309 g/mol. The van der Waals surface area contributed by atoms with E-state index in [0.717, 1.165) is 5.52 Å². The number of hydrogen-bond acceptors (Lipinski definition) is 4. The number of nitrogens with two attached hydrogens (primary N) is 1. The maximum Gasteiger partial charge on any atom is 0.245 e. The topological polar surface area (TPSA) is 99.4 Å². The SMILES string of the molecule is CC1(O)CCN(S(=O)(=O)c2c[nH]c3ccc(N)cc23)CC1. The van der Waals surface area contributed by atoms with Gasteiger partial charge in [0.2, 0.25) is 10.0 Å². The molecule has 0 bridgehead atoms. The second kappa shape index (κ2) is 4.72. The molecule has 0 aliphatic carbocycles. The number of rotatable bonds is 2. The summed E-state index contributed by atoms with van der Waals surface area (Å²) in [6.45, 7) is 2.39. The lowest BCUT2D eigenvalue weighted by atomic mass is 9.95. The summed E-state index contributed by atoms with van der Waals surface area (Å²) in [6, 6.07) is 5.16. The summed E-state index contributed by atoms with van der Waals surface area (Å²) in [5.41, 5.74) is 6.24. The highest BCUT2D eigenvalue weighted by Gasteiger charge is 2.35. The first kappa shape index (κ1) is 14.4. The van der Waals surface area contributed by atoms with Crippen LogP contribution in [0.25, 0.3) is 10.9 Å². The summed E-state index contributed by atoms with van der Waals surface area (Å²) < 4.78 is 27.0. The lowest BCUT2D eigenvalue weighted by molar-refractivity contribution is 0.0126. The lowest BCUT2D eigenvalue weighted by Gasteiger charge is -2.34. The minimum atomic E-state index is -3.58. The fourth-order valence-electron chi connectivity index (χ4n) is 2.67. The quantitative estimate of drug-likeness (QED) is 0.728. The highest BCUT2D eigenvalue weighted by molar-refractivity contribution is 7.89. The van der Waals surface area contributed by atoms with Gasteiger partial charge >= 0.3 is 0 Å². The molecule has 1 fully saturated rings. The number of nitrogens with zero attached hydrogens (tertiary/aromatic N) is 1. The molecule has 2 heterocycles. The minimum Gasteiger partial charge on any atom is -0.399 e. The van der Waals surface area contributed by atoms with Crippen molar-refractivity contribution in [3.63, 3.8) is 0 Å². The molecule has 0 radical (unpaired) electrons. The third-order valence-electron chi connectivity index (χ3n) is 4.09. The molecule has 0 amide bonds.